The number of aryl methyl sites for hydroxylation is 1. The van der Waals surface area contributed by atoms with Crippen LogP contribution >= 0.6 is 0 Å². The van der Waals surface area contributed by atoms with Gasteiger partial charge in [0.05, 0.1) is 6.04 Å². The minimum atomic E-state index is 0.00959. The molecule has 0 saturated carbocycles. The Bertz CT molecular complexity index is 580. The van der Waals surface area contributed by atoms with Crippen molar-refractivity contribution in [1.82, 2.24) is 25.3 Å². The van der Waals surface area contributed by atoms with E-state index in [1.807, 2.05) is 0 Å². The highest BCUT2D eigenvalue weighted by atomic mass is 16.5. The number of hydrogen-bond donors (Lipinski definition) is 1. The van der Waals surface area contributed by atoms with Crippen LogP contribution in [0.4, 0.5) is 0 Å². The molecule has 3 rings (SSSR count). The van der Waals surface area contributed by atoms with E-state index in [0.29, 0.717) is 30.1 Å². The molecule has 1 amide bonds. The summed E-state index contributed by atoms with van der Waals surface area (Å²) in [6, 6.07) is 0.00959. The van der Waals surface area contributed by atoms with Crippen molar-refractivity contribution in [3.05, 3.63) is 11.7 Å². The molecular formula is C18H31N5O2. The highest BCUT2D eigenvalue weighted by Crippen LogP contribution is 2.43. The molecule has 2 saturated heterocycles. The van der Waals surface area contributed by atoms with Crippen molar-refractivity contribution in [2.45, 2.75) is 52.0 Å². The van der Waals surface area contributed by atoms with E-state index < -0.39 is 0 Å². The van der Waals surface area contributed by atoms with Crippen molar-refractivity contribution in [1.29, 1.82) is 0 Å². The first kappa shape index (κ1) is 18.3. The van der Waals surface area contributed by atoms with Gasteiger partial charge in [0.25, 0.3) is 0 Å². The molecule has 7 nitrogen and oxygen atoms in total. The summed E-state index contributed by atoms with van der Waals surface area (Å²) in [5.41, 5.74) is 0.328. The topological polar surface area (TPSA) is 74.5 Å². The molecule has 3 heterocycles. The third kappa shape index (κ3) is 4.39. The summed E-state index contributed by atoms with van der Waals surface area (Å²) in [4.78, 5) is 21.8. The smallest absolute Gasteiger partial charge is 0.237 e. The van der Waals surface area contributed by atoms with Crippen LogP contribution in [0.3, 0.4) is 0 Å². The number of carbonyl (C=O) groups is 1. The van der Waals surface area contributed by atoms with E-state index >= 15 is 0 Å². The molecule has 2 aliphatic rings. The Morgan fingerprint density at radius 1 is 1.40 bits per heavy atom. The molecule has 1 atom stereocenters. The zero-order chi connectivity index (χ0) is 17.9. The average molecular weight is 349 g/mol. The van der Waals surface area contributed by atoms with Gasteiger partial charge in [-0.05, 0) is 57.8 Å². The van der Waals surface area contributed by atoms with Crippen LogP contribution < -0.4 is 5.32 Å². The first-order chi connectivity index (χ1) is 12.0. The van der Waals surface area contributed by atoms with Crippen molar-refractivity contribution in [3.63, 3.8) is 0 Å². The molecule has 0 aromatic carbocycles. The van der Waals surface area contributed by atoms with Crippen molar-refractivity contribution in [2.75, 3.05) is 39.8 Å². The highest BCUT2D eigenvalue weighted by Gasteiger charge is 2.47. The van der Waals surface area contributed by atoms with E-state index in [0.717, 1.165) is 39.0 Å². The second kappa shape index (κ2) is 7.83. The predicted octanol–water partition coefficient (Wildman–Crippen LogP) is 1.23. The van der Waals surface area contributed by atoms with Gasteiger partial charge in [-0.15, -0.1) is 0 Å². The number of hydrogen-bond acceptors (Lipinski definition) is 6. The van der Waals surface area contributed by atoms with Gasteiger partial charge in [0, 0.05) is 26.4 Å². The van der Waals surface area contributed by atoms with Crippen LogP contribution in [0.5, 0.6) is 0 Å². The standard InChI is InChI=1S/C18H31N5O2/c1-4-9-23-13-18(6-10-22(3)11-7-18)12-15(23)17(24)19-8-5-16-20-14(2)25-21-16/h15H,4-13H2,1-3H3,(H,19,24)/t15-/m1/s1. The maximum Gasteiger partial charge on any atom is 0.237 e. The van der Waals surface area contributed by atoms with Crippen molar-refractivity contribution < 1.29 is 9.32 Å². The van der Waals surface area contributed by atoms with Crippen LogP contribution in [0, 0.1) is 12.3 Å². The summed E-state index contributed by atoms with van der Waals surface area (Å²) in [5.74, 6) is 1.38. The fraction of sp³-hybridized carbons (Fsp3) is 0.833. The lowest BCUT2D eigenvalue weighted by Crippen LogP contribution is -2.44. The Morgan fingerprint density at radius 2 is 2.16 bits per heavy atom. The monoisotopic (exact) mass is 349 g/mol. The molecule has 0 aliphatic carbocycles. The van der Waals surface area contributed by atoms with Crippen LogP contribution in [0.25, 0.3) is 0 Å². The maximum absolute atomic E-state index is 12.8. The van der Waals surface area contributed by atoms with E-state index in [4.69, 9.17) is 4.52 Å². The number of likely N-dealkylation sites (tertiary alicyclic amines) is 2. The summed E-state index contributed by atoms with van der Waals surface area (Å²) < 4.78 is 4.97. The first-order valence-corrected chi connectivity index (χ1v) is 9.51. The fourth-order valence-electron chi connectivity index (χ4n) is 4.24. The predicted molar refractivity (Wildman–Crippen MR) is 95.2 cm³/mol. The molecule has 25 heavy (non-hydrogen) atoms. The van der Waals surface area contributed by atoms with Crippen LogP contribution in [0.2, 0.25) is 0 Å². The Labute approximate surface area is 150 Å². The first-order valence-electron chi connectivity index (χ1n) is 9.51. The van der Waals surface area contributed by atoms with E-state index in [2.05, 4.69) is 39.2 Å². The number of aromatic nitrogens is 2. The molecule has 1 N–H and O–H groups in total. The zero-order valence-electron chi connectivity index (χ0n) is 15.8. The normalized spacial score (nSPS) is 24.0. The van der Waals surface area contributed by atoms with Gasteiger partial charge in [0.1, 0.15) is 0 Å². The number of nitrogens with one attached hydrogen (secondary N) is 1. The van der Waals surface area contributed by atoms with Gasteiger partial charge >= 0.3 is 0 Å². The summed E-state index contributed by atoms with van der Waals surface area (Å²) in [7, 11) is 2.19. The van der Waals surface area contributed by atoms with Crippen LogP contribution in [-0.2, 0) is 11.2 Å². The summed E-state index contributed by atoms with van der Waals surface area (Å²) >= 11 is 0. The van der Waals surface area contributed by atoms with Gasteiger partial charge < -0.3 is 14.7 Å². The van der Waals surface area contributed by atoms with Gasteiger partial charge in [0.15, 0.2) is 5.82 Å². The Morgan fingerprint density at radius 3 is 2.80 bits per heavy atom. The lowest BCUT2D eigenvalue weighted by atomic mass is 9.76. The minimum absolute atomic E-state index is 0.00959. The SMILES string of the molecule is CCCN1CC2(CCN(C)CC2)C[C@@H]1C(=O)NCCc1noc(C)n1. The van der Waals surface area contributed by atoms with Gasteiger partial charge in [0.2, 0.25) is 11.8 Å². The minimum Gasteiger partial charge on any atom is -0.354 e. The largest absolute Gasteiger partial charge is 0.354 e. The highest BCUT2D eigenvalue weighted by molar-refractivity contribution is 5.82. The summed E-state index contributed by atoms with van der Waals surface area (Å²) in [5, 5.41) is 6.97. The maximum atomic E-state index is 12.8. The van der Waals surface area contributed by atoms with E-state index in [1.54, 1.807) is 6.92 Å². The molecule has 2 fully saturated rings. The van der Waals surface area contributed by atoms with Crippen molar-refractivity contribution >= 4 is 5.91 Å². The van der Waals surface area contributed by atoms with Crippen LogP contribution in [-0.4, -0.2) is 71.7 Å². The van der Waals surface area contributed by atoms with E-state index in [-0.39, 0.29) is 11.9 Å². The Kier molecular flexibility index (Phi) is 5.74. The molecule has 0 radical (unpaired) electrons. The third-order valence-electron chi connectivity index (χ3n) is 5.68. The molecule has 1 aromatic heterocycles. The van der Waals surface area contributed by atoms with Gasteiger partial charge in [-0.1, -0.05) is 12.1 Å². The molecule has 0 bridgehead atoms. The Hall–Kier alpha value is -1.47. The third-order valence-corrected chi connectivity index (χ3v) is 5.68. The van der Waals surface area contributed by atoms with Crippen LogP contribution in [0.15, 0.2) is 4.52 Å². The fourth-order valence-corrected chi connectivity index (χ4v) is 4.24. The molecular weight excluding hydrogens is 318 g/mol. The van der Waals surface area contributed by atoms with E-state index in [1.165, 1.54) is 12.8 Å². The van der Waals surface area contributed by atoms with E-state index in [9.17, 15) is 4.79 Å². The molecule has 0 unspecified atom stereocenters. The number of rotatable bonds is 6. The number of carbonyl (C=O) groups excluding carboxylic acids is 1. The number of nitrogens with zero attached hydrogens (tertiary/aromatic N) is 4. The second-order valence-corrected chi connectivity index (χ2v) is 7.76. The zero-order valence-corrected chi connectivity index (χ0v) is 15.8. The van der Waals surface area contributed by atoms with Crippen molar-refractivity contribution in [3.8, 4) is 0 Å². The summed E-state index contributed by atoms with van der Waals surface area (Å²) in [6.07, 6.45) is 5.10. The average Bonchev–Trinajstić information content (AvgIpc) is 3.15. The molecule has 1 aromatic rings. The Balaban J connectivity index is 1.55. The number of piperidine rings is 1. The molecule has 2 aliphatic heterocycles. The van der Waals surface area contributed by atoms with Gasteiger partial charge in [-0.3, -0.25) is 9.69 Å². The summed E-state index contributed by atoms with van der Waals surface area (Å²) in [6.45, 7) is 8.88. The lowest BCUT2D eigenvalue weighted by Gasteiger charge is -2.37. The molecule has 140 valence electrons. The second-order valence-electron chi connectivity index (χ2n) is 7.76. The van der Waals surface area contributed by atoms with Crippen LogP contribution in [0.1, 0.15) is 44.3 Å². The molecule has 7 heteroatoms. The quantitative estimate of drug-likeness (QED) is 0.833. The van der Waals surface area contributed by atoms with Gasteiger partial charge in [-0.25, -0.2) is 0 Å². The molecule has 1 spiro atoms. The van der Waals surface area contributed by atoms with Crippen molar-refractivity contribution in [2.24, 2.45) is 5.41 Å². The number of amides is 1. The van der Waals surface area contributed by atoms with Gasteiger partial charge in [-0.2, -0.15) is 4.98 Å². The lowest BCUT2D eigenvalue weighted by molar-refractivity contribution is -0.125.